The van der Waals surface area contributed by atoms with E-state index < -0.39 is 11.9 Å². The number of hydrogen-bond acceptors (Lipinski definition) is 2. The molecular formula is C23H19NO3. The standard InChI is InChI=1S/C23H19NO3/c1-3-17(22(25)24-13(2)23(26)27)18-11-9-16-8-7-14-5-4-6-15-10-12-19(18)21(16)20(14)15/h4-12,17H,2-3H2,1H3,(H,24,25)(H,26,27). The Labute approximate surface area is 156 Å². The summed E-state index contributed by atoms with van der Waals surface area (Å²) >= 11 is 0. The largest absolute Gasteiger partial charge is 0.477 e. The van der Waals surface area contributed by atoms with Crippen molar-refractivity contribution in [3.8, 4) is 0 Å². The molecule has 27 heavy (non-hydrogen) atoms. The van der Waals surface area contributed by atoms with Crippen molar-refractivity contribution in [1.29, 1.82) is 0 Å². The van der Waals surface area contributed by atoms with Gasteiger partial charge in [-0.25, -0.2) is 4.79 Å². The maximum absolute atomic E-state index is 12.7. The fourth-order valence-corrected chi connectivity index (χ4v) is 3.90. The third kappa shape index (κ3) is 2.70. The predicted octanol–water partition coefficient (Wildman–Crippen LogP) is 4.79. The number of aliphatic carboxylic acids is 1. The normalized spacial score (nSPS) is 12.5. The van der Waals surface area contributed by atoms with Gasteiger partial charge in [0.1, 0.15) is 5.70 Å². The highest BCUT2D eigenvalue weighted by Gasteiger charge is 2.23. The lowest BCUT2D eigenvalue weighted by Gasteiger charge is -2.19. The maximum Gasteiger partial charge on any atom is 0.351 e. The van der Waals surface area contributed by atoms with Crippen molar-refractivity contribution in [2.24, 2.45) is 0 Å². The summed E-state index contributed by atoms with van der Waals surface area (Å²) in [5, 5.41) is 18.2. The van der Waals surface area contributed by atoms with E-state index in [4.69, 9.17) is 5.11 Å². The zero-order valence-corrected chi connectivity index (χ0v) is 15.0. The Morgan fingerprint density at radius 2 is 1.56 bits per heavy atom. The molecule has 0 spiro atoms. The Bertz CT molecular complexity index is 1190. The van der Waals surface area contributed by atoms with Crippen LogP contribution >= 0.6 is 0 Å². The van der Waals surface area contributed by atoms with E-state index in [1.54, 1.807) is 0 Å². The molecule has 4 nitrogen and oxygen atoms in total. The third-order valence-corrected chi connectivity index (χ3v) is 5.19. The highest BCUT2D eigenvalue weighted by atomic mass is 16.4. The van der Waals surface area contributed by atoms with Crippen molar-refractivity contribution in [3.05, 3.63) is 72.4 Å². The molecule has 0 radical (unpaired) electrons. The Morgan fingerprint density at radius 1 is 0.963 bits per heavy atom. The molecule has 0 fully saturated rings. The summed E-state index contributed by atoms with van der Waals surface area (Å²) in [5.74, 6) is -2.03. The van der Waals surface area contributed by atoms with E-state index in [0.29, 0.717) is 6.42 Å². The molecule has 0 aliphatic heterocycles. The van der Waals surface area contributed by atoms with Gasteiger partial charge in [0.25, 0.3) is 0 Å². The average Bonchev–Trinajstić information content (AvgIpc) is 2.67. The molecule has 0 aliphatic rings. The molecule has 0 saturated heterocycles. The van der Waals surface area contributed by atoms with Gasteiger partial charge in [-0.3, -0.25) is 4.79 Å². The van der Waals surface area contributed by atoms with Gasteiger partial charge in [0, 0.05) is 0 Å². The number of carbonyl (C=O) groups is 2. The third-order valence-electron chi connectivity index (χ3n) is 5.19. The van der Waals surface area contributed by atoms with E-state index in [1.807, 2.05) is 25.1 Å². The number of benzene rings is 4. The number of rotatable bonds is 5. The first-order valence-electron chi connectivity index (χ1n) is 8.90. The summed E-state index contributed by atoms with van der Waals surface area (Å²) in [5.41, 5.74) is 0.593. The minimum absolute atomic E-state index is 0.309. The fourth-order valence-electron chi connectivity index (χ4n) is 3.90. The monoisotopic (exact) mass is 357 g/mol. The van der Waals surface area contributed by atoms with E-state index >= 15 is 0 Å². The van der Waals surface area contributed by atoms with Gasteiger partial charge in [0.15, 0.2) is 0 Å². The summed E-state index contributed by atoms with van der Waals surface area (Å²) in [7, 11) is 0. The average molecular weight is 357 g/mol. The molecular weight excluding hydrogens is 338 g/mol. The van der Waals surface area contributed by atoms with Crippen LogP contribution in [0.4, 0.5) is 0 Å². The zero-order valence-electron chi connectivity index (χ0n) is 15.0. The van der Waals surface area contributed by atoms with E-state index in [9.17, 15) is 9.59 Å². The lowest BCUT2D eigenvalue weighted by atomic mass is 9.86. The summed E-state index contributed by atoms with van der Waals surface area (Å²) in [6.07, 6.45) is 0.558. The molecule has 0 bridgehead atoms. The second kappa shape index (κ2) is 6.40. The molecule has 0 heterocycles. The van der Waals surface area contributed by atoms with Gasteiger partial charge in [-0.05, 0) is 44.3 Å². The van der Waals surface area contributed by atoms with Crippen LogP contribution in [-0.2, 0) is 9.59 Å². The van der Waals surface area contributed by atoms with Gasteiger partial charge in [-0.2, -0.15) is 0 Å². The Balaban J connectivity index is 1.91. The van der Waals surface area contributed by atoms with E-state index in [1.165, 1.54) is 16.2 Å². The molecule has 4 heteroatoms. The lowest BCUT2D eigenvalue weighted by Crippen LogP contribution is -2.31. The number of nitrogens with one attached hydrogen (secondary N) is 1. The number of carbonyl (C=O) groups excluding carboxylic acids is 1. The van der Waals surface area contributed by atoms with E-state index in [-0.39, 0.29) is 11.6 Å². The smallest absolute Gasteiger partial charge is 0.351 e. The van der Waals surface area contributed by atoms with Crippen LogP contribution in [0, 0.1) is 0 Å². The SMILES string of the molecule is C=C(NC(=O)C(CC)c1ccc2ccc3cccc4ccc1c2c34)C(=O)O. The Morgan fingerprint density at radius 3 is 2.19 bits per heavy atom. The molecule has 0 aromatic heterocycles. The zero-order chi connectivity index (χ0) is 19.1. The molecule has 1 amide bonds. The minimum atomic E-state index is -1.23. The molecule has 1 unspecified atom stereocenters. The highest BCUT2D eigenvalue weighted by molar-refractivity contribution is 6.23. The maximum atomic E-state index is 12.7. The summed E-state index contributed by atoms with van der Waals surface area (Å²) in [4.78, 5) is 23.7. The molecule has 1 atom stereocenters. The van der Waals surface area contributed by atoms with Crippen molar-refractivity contribution in [3.63, 3.8) is 0 Å². The number of amides is 1. The van der Waals surface area contributed by atoms with Gasteiger partial charge in [0.2, 0.25) is 5.91 Å². The molecule has 134 valence electrons. The highest BCUT2D eigenvalue weighted by Crippen LogP contribution is 2.38. The minimum Gasteiger partial charge on any atom is -0.477 e. The quantitative estimate of drug-likeness (QED) is 0.398. The van der Waals surface area contributed by atoms with Crippen molar-refractivity contribution in [1.82, 2.24) is 5.32 Å². The lowest BCUT2D eigenvalue weighted by molar-refractivity contribution is -0.134. The first-order valence-corrected chi connectivity index (χ1v) is 8.90. The fraction of sp³-hybridized carbons (Fsp3) is 0.130. The van der Waals surface area contributed by atoms with Crippen molar-refractivity contribution >= 4 is 44.2 Å². The van der Waals surface area contributed by atoms with Crippen LogP contribution in [0.1, 0.15) is 24.8 Å². The first-order chi connectivity index (χ1) is 13.0. The molecule has 4 rings (SSSR count). The topological polar surface area (TPSA) is 66.4 Å². The summed E-state index contributed by atoms with van der Waals surface area (Å²) < 4.78 is 0. The van der Waals surface area contributed by atoms with Gasteiger partial charge < -0.3 is 10.4 Å². The van der Waals surface area contributed by atoms with Crippen LogP contribution in [0.3, 0.4) is 0 Å². The van der Waals surface area contributed by atoms with Crippen LogP contribution in [0.5, 0.6) is 0 Å². The Hall–Kier alpha value is -3.40. The molecule has 2 N–H and O–H groups in total. The molecule has 4 aromatic rings. The van der Waals surface area contributed by atoms with Crippen LogP contribution in [-0.4, -0.2) is 17.0 Å². The molecule has 4 aromatic carbocycles. The van der Waals surface area contributed by atoms with Gasteiger partial charge in [0.05, 0.1) is 5.92 Å². The second-order valence-corrected chi connectivity index (χ2v) is 6.74. The first kappa shape index (κ1) is 17.0. The second-order valence-electron chi connectivity index (χ2n) is 6.74. The van der Waals surface area contributed by atoms with Gasteiger partial charge in [-0.15, -0.1) is 0 Å². The summed E-state index contributed by atoms with van der Waals surface area (Å²) in [6, 6.07) is 18.6. The number of hydrogen-bond donors (Lipinski definition) is 2. The Kier molecular flexibility index (Phi) is 4.04. The number of carboxylic acid groups (broad SMARTS) is 1. The molecule has 0 aliphatic carbocycles. The van der Waals surface area contributed by atoms with E-state index in [2.05, 4.69) is 48.3 Å². The van der Waals surface area contributed by atoms with Crippen molar-refractivity contribution < 1.29 is 14.7 Å². The summed E-state index contributed by atoms with van der Waals surface area (Å²) in [6.45, 7) is 5.32. The predicted molar refractivity (Wildman–Crippen MR) is 108 cm³/mol. The van der Waals surface area contributed by atoms with Crippen molar-refractivity contribution in [2.45, 2.75) is 19.3 Å². The van der Waals surface area contributed by atoms with Gasteiger partial charge >= 0.3 is 5.97 Å². The van der Waals surface area contributed by atoms with Crippen molar-refractivity contribution in [2.75, 3.05) is 0 Å². The van der Waals surface area contributed by atoms with Crippen LogP contribution < -0.4 is 5.32 Å². The van der Waals surface area contributed by atoms with Crippen LogP contribution in [0.2, 0.25) is 0 Å². The van der Waals surface area contributed by atoms with Gasteiger partial charge in [-0.1, -0.05) is 68.1 Å². The van der Waals surface area contributed by atoms with Crippen LogP contribution in [0.25, 0.3) is 32.3 Å². The van der Waals surface area contributed by atoms with E-state index in [0.717, 1.165) is 21.7 Å². The number of carboxylic acids is 1. The molecule has 0 saturated carbocycles. The van der Waals surface area contributed by atoms with Crippen LogP contribution in [0.15, 0.2) is 66.9 Å².